The number of aromatic nitrogens is 1. The van der Waals surface area contributed by atoms with Crippen molar-refractivity contribution in [1.29, 1.82) is 0 Å². The molecule has 1 saturated heterocycles. The largest absolute Gasteiger partial charge is 0.350 e. The quantitative estimate of drug-likeness (QED) is 0.300. The van der Waals surface area contributed by atoms with E-state index in [2.05, 4.69) is 5.92 Å². The summed E-state index contributed by atoms with van der Waals surface area (Å²) in [4.78, 5) is 42.1. The van der Waals surface area contributed by atoms with Crippen LogP contribution in [0.25, 0.3) is 10.9 Å². The average molecular weight is 488 g/mol. The number of Topliss-reactive ketones (excluding diaryl/α,β-unsaturated/α-hetero) is 1. The molecule has 0 spiro atoms. The molecule has 3 aromatic rings. The molecule has 0 saturated carbocycles. The molecular weight excluding hydrogens is 457 g/mol. The van der Waals surface area contributed by atoms with E-state index in [0.29, 0.717) is 30.0 Å². The maximum absolute atomic E-state index is 13.5. The van der Waals surface area contributed by atoms with E-state index in [4.69, 9.17) is 6.42 Å². The van der Waals surface area contributed by atoms with E-state index in [-0.39, 0.29) is 23.8 Å². The molecule has 186 valence electrons. The van der Waals surface area contributed by atoms with Crippen molar-refractivity contribution in [2.75, 3.05) is 26.7 Å². The molecule has 2 amide bonds. The number of hydrogen-bond donors (Lipinski definition) is 0. The lowest BCUT2D eigenvalue weighted by Gasteiger charge is -2.32. The number of fused-ring (bicyclic) bond motifs is 1. The van der Waals surface area contributed by atoms with E-state index in [1.807, 2.05) is 37.1 Å². The predicted molar refractivity (Wildman–Crippen MR) is 137 cm³/mol. The van der Waals surface area contributed by atoms with Gasteiger partial charge in [-0.3, -0.25) is 14.4 Å². The van der Waals surface area contributed by atoms with Crippen LogP contribution in [0, 0.1) is 31.0 Å². The van der Waals surface area contributed by atoms with Gasteiger partial charge in [-0.2, -0.15) is 0 Å². The van der Waals surface area contributed by atoms with Gasteiger partial charge >= 0.3 is 0 Å². The molecule has 0 bridgehead atoms. The smallest absolute Gasteiger partial charge is 0.295 e. The second kappa shape index (κ2) is 10.4. The van der Waals surface area contributed by atoms with E-state index in [9.17, 15) is 18.8 Å². The molecule has 6 nitrogen and oxygen atoms in total. The Morgan fingerprint density at radius 1 is 1.11 bits per heavy atom. The van der Waals surface area contributed by atoms with Crippen LogP contribution in [0.3, 0.4) is 0 Å². The number of rotatable bonds is 6. The molecule has 7 heteroatoms. The molecule has 1 aliphatic rings. The van der Waals surface area contributed by atoms with Crippen LogP contribution in [0.1, 0.15) is 44.7 Å². The number of nitrogens with zero attached hydrogens (tertiary/aromatic N) is 3. The fourth-order valence-electron chi connectivity index (χ4n) is 4.91. The van der Waals surface area contributed by atoms with Crippen molar-refractivity contribution in [2.24, 2.45) is 13.0 Å². The molecule has 0 radical (unpaired) electrons. The summed E-state index contributed by atoms with van der Waals surface area (Å²) >= 11 is 0. The zero-order valence-electron chi connectivity index (χ0n) is 20.9. The van der Waals surface area contributed by atoms with Crippen LogP contribution < -0.4 is 0 Å². The van der Waals surface area contributed by atoms with Crippen molar-refractivity contribution in [3.8, 4) is 12.3 Å². The van der Waals surface area contributed by atoms with Crippen molar-refractivity contribution < 1.29 is 18.8 Å². The zero-order valence-corrected chi connectivity index (χ0v) is 20.9. The second-order valence-electron chi connectivity index (χ2n) is 9.60. The summed E-state index contributed by atoms with van der Waals surface area (Å²) < 4.78 is 15.0. The van der Waals surface area contributed by atoms with E-state index < -0.39 is 11.7 Å². The van der Waals surface area contributed by atoms with Crippen LogP contribution in [0.2, 0.25) is 0 Å². The molecule has 1 aliphatic heterocycles. The van der Waals surface area contributed by atoms with Crippen molar-refractivity contribution in [3.05, 3.63) is 70.7 Å². The van der Waals surface area contributed by atoms with Gasteiger partial charge in [-0.05, 0) is 67.5 Å². The van der Waals surface area contributed by atoms with Gasteiger partial charge in [0.15, 0.2) is 0 Å². The van der Waals surface area contributed by atoms with Crippen molar-refractivity contribution in [3.63, 3.8) is 0 Å². The number of aryl methyl sites for hydroxylation is 2. The summed E-state index contributed by atoms with van der Waals surface area (Å²) in [5, 5.41) is 0.574. The van der Waals surface area contributed by atoms with Crippen molar-refractivity contribution in [1.82, 2.24) is 14.4 Å². The Morgan fingerprint density at radius 2 is 1.78 bits per heavy atom. The number of likely N-dealkylation sites (N-methyl/N-ethyl adjacent to an activating group) is 1. The third-order valence-electron chi connectivity index (χ3n) is 7.02. The monoisotopic (exact) mass is 487 g/mol. The number of likely N-dealkylation sites (tertiary alicyclic amines) is 1. The number of carbonyl (C=O) groups is 3. The number of hydrogen-bond acceptors (Lipinski definition) is 3. The van der Waals surface area contributed by atoms with Gasteiger partial charge in [0.2, 0.25) is 0 Å². The van der Waals surface area contributed by atoms with Gasteiger partial charge in [0, 0.05) is 49.8 Å². The highest BCUT2D eigenvalue weighted by molar-refractivity contribution is 6.45. The van der Waals surface area contributed by atoms with Gasteiger partial charge in [0.05, 0.1) is 12.1 Å². The Balaban J connectivity index is 1.53. The highest BCUT2D eigenvalue weighted by Gasteiger charge is 2.28. The van der Waals surface area contributed by atoms with E-state index in [0.717, 1.165) is 35.9 Å². The average Bonchev–Trinajstić information content (AvgIpc) is 3.19. The maximum Gasteiger partial charge on any atom is 0.295 e. The Hall–Kier alpha value is -3.92. The van der Waals surface area contributed by atoms with Crippen LogP contribution in [0.5, 0.6) is 0 Å². The van der Waals surface area contributed by atoms with E-state index in [1.54, 1.807) is 16.8 Å². The number of amides is 2. The summed E-state index contributed by atoms with van der Waals surface area (Å²) in [6.45, 7) is 3.19. The number of halogens is 1. The van der Waals surface area contributed by atoms with Gasteiger partial charge in [0.25, 0.3) is 17.6 Å². The number of piperidine rings is 1. The first-order chi connectivity index (χ1) is 17.2. The van der Waals surface area contributed by atoms with Crippen LogP contribution in [-0.2, 0) is 18.3 Å². The Morgan fingerprint density at radius 3 is 2.42 bits per heavy atom. The number of terminal acetylenes is 1. The zero-order chi connectivity index (χ0) is 26.0. The van der Waals surface area contributed by atoms with Crippen molar-refractivity contribution >= 4 is 28.5 Å². The third kappa shape index (κ3) is 5.03. The minimum atomic E-state index is -0.683. The van der Waals surface area contributed by atoms with Gasteiger partial charge in [0.1, 0.15) is 5.82 Å². The van der Waals surface area contributed by atoms with E-state index in [1.165, 1.54) is 24.1 Å². The minimum Gasteiger partial charge on any atom is -0.350 e. The fraction of sp³-hybridized carbons (Fsp3) is 0.345. The first-order valence-corrected chi connectivity index (χ1v) is 12.1. The lowest BCUT2D eigenvalue weighted by molar-refractivity contribution is -0.124. The normalized spacial score (nSPS) is 14.0. The minimum absolute atomic E-state index is 0.0370. The molecule has 4 rings (SSSR count). The maximum atomic E-state index is 13.5. The van der Waals surface area contributed by atoms with Gasteiger partial charge < -0.3 is 14.4 Å². The molecule has 1 fully saturated rings. The van der Waals surface area contributed by atoms with Gasteiger partial charge in [-0.25, -0.2) is 4.39 Å². The molecule has 2 aromatic carbocycles. The molecule has 0 N–H and O–H groups in total. The lowest BCUT2D eigenvalue weighted by Crippen LogP contribution is -2.39. The van der Waals surface area contributed by atoms with Gasteiger partial charge in [-0.1, -0.05) is 18.1 Å². The molecule has 0 aliphatic carbocycles. The van der Waals surface area contributed by atoms with Crippen LogP contribution in [-0.4, -0.2) is 58.6 Å². The molecule has 2 heterocycles. The Labute approximate surface area is 210 Å². The van der Waals surface area contributed by atoms with Crippen molar-refractivity contribution in [2.45, 2.75) is 26.2 Å². The number of carbonyl (C=O) groups excluding carboxylic acids is 3. The molecule has 1 aromatic heterocycles. The SMILES string of the molecule is C#CCN(C)C(=O)C(=O)c1cn(C)c2cc(C)c(C(=O)N3CCC(Cc4ccc(F)cc4)CC3)cc12. The van der Waals surface area contributed by atoms with Crippen LogP contribution in [0.15, 0.2) is 42.6 Å². The highest BCUT2D eigenvalue weighted by atomic mass is 19.1. The predicted octanol–water partition coefficient (Wildman–Crippen LogP) is 4.00. The standard InChI is InChI=1S/C29H30FN3O3/c1-5-12-31(3)29(36)27(34)25-18-32(4)26-15-19(2)23(17-24(25)26)28(35)33-13-10-21(11-14-33)16-20-6-8-22(30)9-7-20/h1,6-9,15,17-18,21H,10-14,16H2,2-4H3. The molecular formula is C29H30FN3O3. The summed E-state index contributed by atoms with van der Waals surface area (Å²) in [5.41, 5.74) is 3.48. The topological polar surface area (TPSA) is 62.6 Å². The highest BCUT2D eigenvalue weighted by Crippen LogP contribution is 2.28. The fourth-order valence-corrected chi connectivity index (χ4v) is 4.91. The summed E-state index contributed by atoms with van der Waals surface area (Å²) in [7, 11) is 3.30. The molecule has 0 unspecified atom stereocenters. The first-order valence-electron chi connectivity index (χ1n) is 12.1. The lowest BCUT2D eigenvalue weighted by atomic mass is 9.89. The Bertz CT molecular complexity index is 1360. The number of ketones is 1. The first kappa shape index (κ1) is 25.2. The van der Waals surface area contributed by atoms with Crippen LogP contribution in [0.4, 0.5) is 4.39 Å². The third-order valence-corrected chi connectivity index (χ3v) is 7.02. The van der Waals surface area contributed by atoms with E-state index >= 15 is 0 Å². The van der Waals surface area contributed by atoms with Crippen LogP contribution >= 0.6 is 0 Å². The second-order valence-corrected chi connectivity index (χ2v) is 9.60. The number of benzene rings is 2. The van der Waals surface area contributed by atoms with Gasteiger partial charge in [-0.15, -0.1) is 6.42 Å². The molecule has 36 heavy (non-hydrogen) atoms. The summed E-state index contributed by atoms with van der Waals surface area (Å²) in [5.74, 6) is 1.16. The Kier molecular flexibility index (Phi) is 7.25. The summed E-state index contributed by atoms with van der Waals surface area (Å²) in [6, 6.07) is 10.2. The molecule has 0 atom stereocenters. The summed E-state index contributed by atoms with van der Waals surface area (Å²) in [6.07, 6.45) is 9.51.